The van der Waals surface area contributed by atoms with Crippen molar-refractivity contribution in [3.05, 3.63) is 34.2 Å². The number of ether oxygens (including phenoxy) is 3. The third-order valence-electron chi connectivity index (χ3n) is 2.74. The van der Waals surface area contributed by atoms with Crippen molar-refractivity contribution in [1.82, 2.24) is 0 Å². The van der Waals surface area contributed by atoms with Crippen molar-refractivity contribution in [2.24, 2.45) is 0 Å². The lowest BCUT2D eigenvalue weighted by molar-refractivity contribution is 0.0522. The van der Waals surface area contributed by atoms with Gasteiger partial charge in [0.15, 0.2) is 0 Å². The normalized spacial score (nSPS) is 10.3. The maximum Gasteiger partial charge on any atom is 0.351 e. The van der Waals surface area contributed by atoms with E-state index < -0.39 is 11.6 Å². The Morgan fingerprint density at radius 2 is 1.95 bits per heavy atom. The Kier molecular flexibility index (Phi) is 3.93. The Morgan fingerprint density at radius 1 is 1.20 bits per heavy atom. The molecule has 0 N–H and O–H groups in total. The summed E-state index contributed by atoms with van der Waals surface area (Å²) in [5, 5.41) is 0.496. The van der Waals surface area contributed by atoms with Gasteiger partial charge < -0.3 is 18.6 Å². The van der Waals surface area contributed by atoms with Crippen LogP contribution >= 0.6 is 0 Å². The maximum absolute atomic E-state index is 11.8. The molecule has 2 rings (SSSR count). The van der Waals surface area contributed by atoms with Crippen molar-refractivity contribution < 1.29 is 23.4 Å². The summed E-state index contributed by atoms with van der Waals surface area (Å²) in [6.45, 7) is 1.84. The van der Waals surface area contributed by atoms with E-state index in [1.807, 2.05) is 0 Å². The molecule has 1 heterocycles. The molecule has 0 amide bonds. The van der Waals surface area contributed by atoms with E-state index >= 15 is 0 Å². The monoisotopic (exact) mass is 278 g/mol. The van der Waals surface area contributed by atoms with Crippen molar-refractivity contribution >= 4 is 16.9 Å². The van der Waals surface area contributed by atoms with Crippen molar-refractivity contribution in [2.45, 2.75) is 6.92 Å². The summed E-state index contributed by atoms with van der Waals surface area (Å²) in [7, 11) is 2.97. The fourth-order valence-electron chi connectivity index (χ4n) is 1.80. The highest BCUT2D eigenvalue weighted by atomic mass is 16.5. The van der Waals surface area contributed by atoms with Gasteiger partial charge in [0.1, 0.15) is 22.6 Å². The molecule has 0 atom stereocenters. The van der Waals surface area contributed by atoms with Gasteiger partial charge in [0.2, 0.25) is 0 Å². The van der Waals surface area contributed by atoms with Crippen molar-refractivity contribution in [3.8, 4) is 11.5 Å². The zero-order chi connectivity index (χ0) is 14.7. The average Bonchev–Trinajstić information content (AvgIpc) is 2.45. The lowest BCUT2D eigenvalue weighted by atomic mass is 10.1. The molecule has 0 saturated heterocycles. The number of hydrogen-bond donors (Lipinski definition) is 0. The minimum atomic E-state index is -0.758. The van der Waals surface area contributed by atoms with Crippen LogP contribution in [0, 0.1) is 0 Å². The molecule has 0 saturated carbocycles. The molecule has 0 aliphatic carbocycles. The third kappa shape index (κ3) is 2.45. The number of rotatable bonds is 4. The maximum atomic E-state index is 11.8. The van der Waals surface area contributed by atoms with Gasteiger partial charge in [-0.05, 0) is 13.0 Å². The van der Waals surface area contributed by atoms with Crippen LogP contribution in [-0.4, -0.2) is 26.8 Å². The van der Waals surface area contributed by atoms with Crippen LogP contribution in [0.4, 0.5) is 0 Å². The number of esters is 1. The molecule has 1 aromatic heterocycles. The summed E-state index contributed by atoms with van der Waals surface area (Å²) in [5.41, 5.74) is -0.645. The lowest BCUT2D eigenvalue weighted by Gasteiger charge is -2.08. The van der Waals surface area contributed by atoms with Gasteiger partial charge in [0, 0.05) is 12.1 Å². The first kappa shape index (κ1) is 13.9. The highest BCUT2D eigenvalue weighted by Crippen LogP contribution is 2.30. The second-order valence-electron chi connectivity index (χ2n) is 3.91. The highest BCUT2D eigenvalue weighted by Gasteiger charge is 2.17. The molecule has 6 heteroatoms. The summed E-state index contributed by atoms with van der Waals surface area (Å²) in [4.78, 5) is 23.5. The van der Waals surface area contributed by atoms with E-state index in [0.717, 1.165) is 0 Å². The Morgan fingerprint density at radius 3 is 2.55 bits per heavy atom. The number of carbonyl (C=O) groups excluding carboxylic acids is 1. The van der Waals surface area contributed by atoms with Gasteiger partial charge in [-0.15, -0.1) is 0 Å². The van der Waals surface area contributed by atoms with E-state index in [1.54, 1.807) is 19.1 Å². The molecule has 0 bridgehead atoms. The van der Waals surface area contributed by atoms with Crippen LogP contribution in [0.2, 0.25) is 0 Å². The molecular weight excluding hydrogens is 264 g/mol. The van der Waals surface area contributed by atoms with E-state index in [-0.39, 0.29) is 17.8 Å². The topological polar surface area (TPSA) is 75.0 Å². The molecule has 106 valence electrons. The fraction of sp³-hybridized carbons (Fsp3) is 0.286. The molecule has 2 aromatic rings. The summed E-state index contributed by atoms with van der Waals surface area (Å²) >= 11 is 0. The van der Waals surface area contributed by atoms with E-state index in [1.165, 1.54) is 20.3 Å². The molecule has 0 radical (unpaired) electrons. The molecule has 0 spiro atoms. The quantitative estimate of drug-likeness (QED) is 0.629. The first-order valence-electron chi connectivity index (χ1n) is 5.97. The number of methoxy groups -OCH3 is 2. The first-order chi connectivity index (χ1) is 9.60. The predicted octanol–water partition coefficient (Wildman–Crippen LogP) is 1.99. The zero-order valence-electron chi connectivity index (χ0n) is 11.4. The van der Waals surface area contributed by atoms with E-state index in [2.05, 4.69) is 0 Å². The fourth-order valence-corrected chi connectivity index (χ4v) is 1.80. The second kappa shape index (κ2) is 5.64. The van der Waals surface area contributed by atoms with Gasteiger partial charge in [-0.2, -0.15) is 0 Å². The van der Waals surface area contributed by atoms with Crippen LogP contribution in [-0.2, 0) is 4.74 Å². The third-order valence-corrected chi connectivity index (χ3v) is 2.74. The van der Waals surface area contributed by atoms with Crippen LogP contribution in [0.5, 0.6) is 11.5 Å². The summed E-state index contributed by atoms with van der Waals surface area (Å²) in [5.74, 6) is 0.205. The van der Waals surface area contributed by atoms with Crippen LogP contribution in [0.3, 0.4) is 0 Å². The van der Waals surface area contributed by atoms with Crippen molar-refractivity contribution in [1.29, 1.82) is 0 Å². The van der Waals surface area contributed by atoms with Crippen LogP contribution < -0.4 is 15.1 Å². The summed E-state index contributed by atoms with van der Waals surface area (Å²) in [6, 6.07) is 4.59. The number of hydrogen-bond acceptors (Lipinski definition) is 6. The molecule has 0 fully saturated rings. The molecule has 0 aliphatic rings. The Hall–Kier alpha value is -2.50. The SMILES string of the molecule is CCOC(=O)c1cc2c(OC)cc(OC)cc2oc1=O. The average molecular weight is 278 g/mol. The Bertz CT molecular complexity index is 701. The molecule has 20 heavy (non-hydrogen) atoms. The molecule has 6 nitrogen and oxygen atoms in total. The minimum Gasteiger partial charge on any atom is -0.496 e. The van der Waals surface area contributed by atoms with E-state index in [9.17, 15) is 9.59 Å². The lowest BCUT2D eigenvalue weighted by Crippen LogP contribution is -2.16. The number of benzene rings is 1. The molecule has 0 unspecified atom stereocenters. The van der Waals surface area contributed by atoms with Gasteiger partial charge in [-0.1, -0.05) is 0 Å². The number of fused-ring (bicyclic) bond motifs is 1. The summed E-state index contributed by atoms with van der Waals surface area (Å²) < 4.78 is 20.2. The second-order valence-corrected chi connectivity index (χ2v) is 3.91. The number of carbonyl (C=O) groups is 1. The van der Waals surface area contributed by atoms with Crippen molar-refractivity contribution in [2.75, 3.05) is 20.8 Å². The molecular formula is C14H14O6. The molecule has 1 aromatic carbocycles. The summed E-state index contributed by atoms with van der Waals surface area (Å²) in [6.07, 6.45) is 0. The standard InChI is InChI=1S/C14H14O6/c1-4-19-13(15)10-7-9-11(18-3)5-8(17-2)6-12(9)20-14(10)16/h5-7H,4H2,1-3H3. The Labute approximate surface area is 114 Å². The van der Waals surface area contributed by atoms with Crippen molar-refractivity contribution in [3.63, 3.8) is 0 Å². The highest BCUT2D eigenvalue weighted by molar-refractivity contribution is 5.95. The Balaban J connectivity index is 2.69. The van der Waals surface area contributed by atoms with Gasteiger partial charge >= 0.3 is 11.6 Å². The van der Waals surface area contributed by atoms with Crippen LogP contribution in [0.25, 0.3) is 11.0 Å². The van der Waals surface area contributed by atoms with Gasteiger partial charge in [0.05, 0.1) is 26.2 Å². The predicted molar refractivity (Wildman–Crippen MR) is 71.5 cm³/mol. The van der Waals surface area contributed by atoms with Crippen LogP contribution in [0.15, 0.2) is 27.4 Å². The molecule has 0 aliphatic heterocycles. The van der Waals surface area contributed by atoms with Gasteiger partial charge in [-0.25, -0.2) is 9.59 Å². The van der Waals surface area contributed by atoms with E-state index in [0.29, 0.717) is 16.9 Å². The largest absolute Gasteiger partial charge is 0.496 e. The smallest absolute Gasteiger partial charge is 0.351 e. The zero-order valence-corrected chi connectivity index (χ0v) is 11.4. The minimum absolute atomic E-state index is 0.164. The van der Waals surface area contributed by atoms with Gasteiger partial charge in [-0.3, -0.25) is 0 Å². The first-order valence-corrected chi connectivity index (χ1v) is 5.97. The van der Waals surface area contributed by atoms with Crippen LogP contribution in [0.1, 0.15) is 17.3 Å². The van der Waals surface area contributed by atoms with E-state index in [4.69, 9.17) is 18.6 Å². The van der Waals surface area contributed by atoms with Gasteiger partial charge in [0.25, 0.3) is 0 Å².